The Balaban J connectivity index is 1.77. The monoisotopic (exact) mass is 316 g/mol. The molecule has 1 aliphatic heterocycles. The van der Waals surface area contributed by atoms with Gasteiger partial charge in [-0.15, -0.1) is 10.2 Å². The maximum Gasteiger partial charge on any atom is 0.333 e. The Bertz CT molecular complexity index is 733. The zero-order valence-corrected chi connectivity index (χ0v) is 12.3. The van der Waals surface area contributed by atoms with Gasteiger partial charge in [0.2, 0.25) is 5.88 Å². The average molecular weight is 316 g/mol. The first-order valence-electron chi connectivity index (χ1n) is 6.82. The number of nitrogens with zero attached hydrogens (tertiary/aromatic N) is 4. The predicted octanol–water partition coefficient (Wildman–Crippen LogP) is 1.59. The van der Waals surface area contributed by atoms with Crippen LogP contribution in [0.2, 0.25) is 0 Å². The van der Waals surface area contributed by atoms with Crippen molar-refractivity contribution >= 4 is 17.8 Å². The van der Waals surface area contributed by atoms with E-state index in [-0.39, 0.29) is 30.6 Å². The van der Waals surface area contributed by atoms with Gasteiger partial charge in [0.05, 0.1) is 7.11 Å². The topological polar surface area (TPSA) is 75.6 Å². The summed E-state index contributed by atoms with van der Waals surface area (Å²) in [6.45, 7) is 0.148. The number of hydrogen-bond acceptors (Lipinski definition) is 5. The van der Waals surface area contributed by atoms with Gasteiger partial charge in [-0.3, -0.25) is 4.79 Å². The largest absolute Gasteiger partial charge is 0.480 e. The number of methoxy groups -OCH3 is 1. The van der Waals surface area contributed by atoms with Crippen LogP contribution in [0.25, 0.3) is 0 Å². The maximum absolute atomic E-state index is 12.9. The Morgan fingerprint density at radius 3 is 2.48 bits per heavy atom. The highest BCUT2D eigenvalue weighted by Crippen LogP contribution is 2.21. The SMILES string of the molecule is COc1ccc(N2C(=O)CN(Cc3ccc(F)cc3)C2=O)nn1. The number of ether oxygens (including phenoxy) is 1. The van der Waals surface area contributed by atoms with Gasteiger partial charge in [-0.2, -0.15) is 0 Å². The summed E-state index contributed by atoms with van der Waals surface area (Å²) in [5, 5.41) is 7.57. The molecule has 23 heavy (non-hydrogen) atoms. The minimum Gasteiger partial charge on any atom is -0.480 e. The summed E-state index contributed by atoms with van der Waals surface area (Å²) in [5.41, 5.74) is 0.732. The van der Waals surface area contributed by atoms with Crippen LogP contribution in [0.1, 0.15) is 5.56 Å². The smallest absolute Gasteiger partial charge is 0.333 e. The van der Waals surface area contributed by atoms with E-state index in [4.69, 9.17) is 4.74 Å². The molecule has 2 heterocycles. The van der Waals surface area contributed by atoms with Gasteiger partial charge in [0, 0.05) is 12.6 Å². The Kier molecular flexibility index (Phi) is 3.88. The number of halogens is 1. The number of carbonyl (C=O) groups excluding carboxylic acids is 2. The third-order valence-electron chi connectivity index (χ3n) is 3.39. The number of urea groups is 1. The van der Waals surface area contributed by atoms with Crippen LogP contribution in [0.15, 0.2) is 36.4 Å². The van der Waals surface area contributed by atoms with Crippen molar-refractivity contribution in [2.24, 2.45) is 0 Å². The second-order valence-electron chi connectivity index (χ2n) is 4.93. The fraction of sp³-hybridized carbons (Fsp3) is 0.200. The molecule has 0 unspecified atom stereocenters. The lowest BCUT2D eigenvalue weighted by Gasteiger charge is -2.16. The first kappa shape index (κ1) is 14.9. The first-order valence-corrected chi connectivity index (χ1v) is 6.82. The van der Waals surface area contributed by atoms with E-state index in [1.54, 1.807) is 12.1 Å². The van der Waals surface area contributed by atoms with E-state index in [9.17, 15) is 14.0 Å². The molecular formula is C15H13FN4O3. The Hall–Kier alpha value is -3.03. The number of imide groups is 1. The van der Waals surface area contributed by atoms with Gasteiger partial charge < -0.3 is 9.64 Å². The third kappa shape index (κ3) is 2.96. The molecule has 0 saturated carbocycles. The highest BCUT2D eigenvalue weighted by atomic mass is 19.1. The van der Waals surface area contributed by atoms with Gasteiger partial charge >= 0.3 is 6.03 Å². The quantitative estimate of drug-likeness (QED) is 0.801. The third-order valence-corrected chi connectivity index (χ3v) is 3.39. The zero-order chi connectivity index (χ0) is 16.4. The van der Waals surface area contributed by atoms with Gasteiger partial charge in [-0.1, -0.05) is 12.1 Å². The number of rotatable bonds is 4. The van der Waals surface area contributed by atoms with Crippen LogP contribution < -0.4 is 9.64 Å². The van der Waals surface area contributed by atoms with E-state index >= 15 is 0 Å². The second kappa shape index (κ2) is 5.99. The van der Waals surface area contributed by atoms with Crippen LogP contribution in [-0.4, -0.2) is 40.7 Å². The van der Waals surface area contributed by atoms with E-state index in [2.05, 4.69) is 10.2 Å². The molecular weight excluding hydrogens is 303 g/mol. The minimum atomic E-state index is -0.487. The van der Waals surface area contributed by atoms with Crippen molar-refractivity contribution in [3.63, 3.8) is 0 Å². The summed E-state index contributed by atoms with van der Waals surface area (Å²) in [6, 6.07) is 8.29. The van der Waals surface area contributed by atoms with Crippen LogP contribution >= 0.6 is 0 Å². The lowest BCUT2D eigenvalue weighted by atomic mass is 10.2. The van der Waals surface area contributed by atoms with Crippen LogP contribution in [-0.2, 0) is 11.3 Å². The van der Waals surface area contributed by atoms with Crippen molar-refractivity contribution in [2.75, 3.05) is 18.6 Å². The van der Waals surface area contributed by atoms with Gasteiger partial charge in [0.1, 0.15) is 12.4 Å². The Morgan fingerprint density at radius 1 is 1.13 bits per heavy atom. The lowest BCUT2D eigenvalue weighted by molar-refractivity contribution is -0.116. The average Bonchev–Trinajstić information content (AvgIpc) is 2.84. The molecule has 0 spiro atoms. The number of aromatic nitrogens is 2. The van der Waals surface area contributed by atoms with Crippen molar-refractivity contribution in [3.8, 4) is 5.88 Å². The van der Waals surface area contributed by atoms with Gasteiger partial charge in [-0.05, 0) is 23.8 Å². The summed E-state index contributed by atoms with van der Waals surface area (Å²) in [6.07, 6.45) is 0. The van der Waals surface area contributed by atoms with E-state index in [0.717, 1.165) is 10.5 Å². The summed E-state index contributed by atoms with van der Waals surface area (Å²) in [7, 11) is 1.44. The molecule has 2 aromatic rings. The van der Waals surface area contributed by atoms with Crippen molar-refractivity contribution in [2.45, 2.75) is 6.54 Å². The summed E-state index contributed by atoms with van der Waals surface area (Å²) < 4.78 is 17.8. The molecule has 1 aromatic heterocycles. The van der Waals surface area contributed by atoms with Crippen LogP contribution in [0.3, 0.4) is 0 Å². The molecule has 1 fully saturated rings. The molecule has 0 bridgehead atoms. The zero-order valence-electron chi connectivity index (χ0n) is 12.3. The van der Waals surface area contributed by atoms with Crippen molar-refractivity contribution in [1.29, 1.82) is 0 Å². The number of hydrogen-bond donors (Lipinski definition) is 0. The summed E-state index contributed by atoms with van der Waals surface area (Å²) >= 11 is 0. The second-order valence-corrected chi connectivity index (χ2v) is 4.93. The van der Waals surface area contributed by atoms with E-state index < -0.39 is 11.9 Å². The molecule has 0 aliphatic carbocycles. The van der Waals surface area contributed by atoms with Crippen LogP contribution in [0.4, 0.5) is 15.0 Å². The minimum absolute atomic E-state index is 0.0656. The van der Waals surface area contributed by atoms with Gasteiger partial charge in [-0.25, -0.2) is 14.1 Å². The highest BCUT2D eigenvalue weighted by Gasteiger charge is 2.38. The number of anilines is 1. The van der Waals surface area contributed by atoms with E-state index in [1.807, 2.05) is 0 Å². The van der Waals surface area contributed by atoms with Crippen molar-refractivity contribution in [1.82, 2.24) is 15.1 Å². The van der Waals surface area contributed by atoms with E-state index in [0.29, 0.717) is 0 Å². The van der Waals surface area contributed by atoms with Crippen LogP contribution in [0, 0.1) is 5.82 Å². The first-order chi connectivity index (χ1) is 11.1. The van der Waals surface area contributed by atoms with Crippen LogP contribution in [0.5, 0.6) is 5.88 Å². The molecule has 0 atom stereocenters. The molecule has 0 radical (unpaired) electrons. The number of benzene rings is 1. The molecule has 1 aromatic carbocycles. The number of carbonyl (C=O) groups is 2. The fourth-order valence-corrected chi connectivity index (χ4v) is 2.25. The maximum atomic E-state index is 12.9. The fourth-order valence-electron chi connectivity index (χ4n) is 2.25. The molecule has 7 nitrogen and oxygen atoms in total. The Morgan fingerprint density at radius 2 is 1.87 bits per heavy atom. The highest BCUT2D eigenvalue weighted by molar-refractivity contribution is 6.19. The molecule has 8 heteroatoms. The molecule has 3 rings (SSSR count). The standard InChI is InChI=1S/C15H13FN4O3/c1-23-13-7-6-12(17-18-13)20-14(21)9-19(15(20)22)8-10-2-4-11(16)5-3-10/h2-7H,8-9H2,1H3. The normalized spacial score (nSPS) is 14.5. The summed E-state index contributed by atoms with van der Waals surface area (Å²) in [5.74, 6) is -0.317. The Labute approximate surface area is 131 Å². The van der Waals surface area contributed by atoms with E-state index in [1.165, 1.54) is 36.3 Å². The molecule has 1 aliphatic rings. The predicted molar refractivity (Wildman–Crippen MR) is 78.3 cm³/mol. The molecule has 118 valence electrons. The lowest BCUT2D eigenvalue weighted by Crippen LogP contribution is -2.33. The molecule has 1 saturated heterocycles. The van der Waals surface area contributed by atoms with Crippen molar-refractivity contribution in [3.05, 3.63) is 47.8 Å². The summed E-state index contributed by atoms with van der Waals surface area (Å²) in [4.78, 5) is 26.8. The number of amides is 3. The molecule has 3 amide bonds. The van der Waals surface area contributed by atoms with Crippen molar-refractivity contribution < 1.29 is 18.7 Å². The van der Waals surface area contributed by atoms with Gasteiger partial charge in [0.25, 0.3) is 5.91 Å². The van der Waals surface area contributed by atoms with Gasteiger partial charge in [0.15, 0.2) is 5.82 Å². The molecule has 0 N–H and O–H groups in total.